The molecule has 0 aromatic carbocycles. The number of thiazole rings is 1. The predicted octanol–water partition coefficient (Wildman–Crippen LogP) is 4.77. The number of rotatable bonds is 1. The average Bonchev–Trinajstić information content (AvgIpc) is 2.64. The van der Waals surface area contributed by atoms with Crippen molar-refractivity contribution in [2.75, 3.05) is 0 Å². The van der Waals surface area contributed by atoms with Gasteiger partial charge < -0.3 is 0 Å². The smallest absolute Gasteiger partial charge is 0.0896 e. The summed E-state index contributed by atoms with van der Waals surface area (Å²) in [5, 5.41) is 1.22. The van der Waals surface area contributed by atoms with Gasteiger partial charge in [-0.1, -0.05) is 20.8 Å². The Balaban J connectivity index is 1.95. The SMILES string of the molecule is Cc1ncc([C@H]2CC[C@H](C(C)(C)C)CC2)s1. The van der Waals surface area contributed by atoms with E-state index in [2.05, 4.69) is 38.9 Å². The summed E-state index contributed by atoms with van der Waals surface area (Å²) in [6, 6.07) is 0. The molecule has 0 amide bonds. The first-order chi connectivity index (χ1) is 7.47. The molecule has 0 saturated heterocycles. The minimum Gasteiger partial charge on any atom is -0.250 e. The number of aromatic nitrogens is 1. The van der Waals surface area contributed by atoms with Crippen molar-refractivity contribution in [1.29, 1.82) is 0 Å². The molecule has 0 bridgehead atoms. The van der Waals surface area contributed by atoms with E-state index in [9.17, 15) is 0 Å². The summed E-state index contributed by atoms with van der Waals surface area (Å²) in [5.74, 6) is 1.71. The molecule has 2 heteroatoms. The highest BCUT2D eigenvalue weighted by atomic mass is 32.1. The number of nitrogens with zero attached hydrogens (tertiary/aromatic N) is 1. The van der Waals surface area contributed by atoms with Crippen LogP contribution in [-0.2, 0) is 0 Å². The quantitative estimate of drug-likeness (QED) is 0.685. The molecule has 0 aliphatic heterocycles. The van der Waals surface area contributed by atoms with E-state index in [1.54, 1.807) is 0 Å². The molecule has 1 aromatic heterocycles. The van der Waals surface area contributed by atoms with Crippen LogP contribution in [0.25, 0.3) is 0 Å². The van der Waals surface area contributed by atoms with Crippen LogP contribution in [0, 0.1) is 18.3 Å². The number of aryl methyl sites for hydroxylation is 1. The van der Waals surface area contributed by atoms with Gasteiger partial charge >= 0.3 is 0 Å². The zero-order valence-corrected chi connectivity index (χ0v) is 11.7. The zero-order chi connectivity index (χ0) is 11.8. The molecular formula is C14H23NS. The van der Waals surface area contributed by atoms with Crippen molar-refractivity contribution in [3.8, 4) is 0 Å². The lowest BCUT2D eigenvalue weighted by molar-refractivity contribution is 0.170. The van der Waals surface area contributed by atoms with Gasteiger partial charge in [-0.2, -0.15) is 0 Å². The Hall–Kier alpha value is -0.370. The molecule has 0 atom stereocenters. The van der Waals surface area contributed by atoms with Crippen LogP contribution < -0.4 is 0 Å². The molecule has 1 saturated carbocycles. The van der Waals surface area contributed by atoms with Crippen LogP contribution in [0.3, 0.4) is 0 Å². The maximum absolute atomic E-state index is 4.38. The molecule has 0 spiro atoms. The summed E-state index contributed by atoms with van der Waals surface area (Å²) < 4.78 is 0. The normalized spacial score (nSPS) is 27.0. The molecule has 1 aliphatic carbocycles. The first-order valence-electron chi connectivity index (χ1n) is 6.39. The molecule has 1 aromatic rings. The fourth-order valence-electron chi connectivity index (χ4n) is 2.81. The van der Waals surface area contributed by atoms with Crippen LogP contribution in [0.1, 0.15) is 62.3 Å². The van der Waals surface area contributed by atoms with E-state index in [0.29, 0.717) is 5.41 Å². The summed E-state index contributed by atoms with van der Waals surface area (Å²) in [6.07, 6.45) is 7.62. The molecule has 1 heterocycles. The lowest BCUT2D eigenvalue weighted by Gasteiger charge is -2.36. The van der Waals surface area contributed by atoms with Gasteiger partial charge in [0.25, 0.3) is 0 Å². The van der Waals surface area contributed by atoms with Gasteiger partial charge in [0.05, 0.1) is 5.01 Å². The lowest BCUT2D eigenvalue weighted by atomic mass is 9.70. The van der Waals surface area contributed by atoms with Crippen molar-refractivity contribution in [3.05, 3.63) is 16.1 Å². The molecule has 1 nitrogen and oxygen atoms in total. The molecule has 2 rings (SSSR count). The van der Waals surface area contributed by atoms with E-state index < -0.39 is 0 Å². The fraction of sp³-hybridized carbons (Fsp3) is 0.786. The molecule has 16 heavy (non-hydrogen) atoms. The minimum atomic E-state index is 0.495. The molecule has 0 radical (unpaired) electrons. The maximum atomic E-state index is 4.38. The molecule has 0 N–H and O–H groups in total. The Morgan fingerprint density at radius 3 is 2.25 bits per heavy atom. The van der Waals surface area contributed by atoms with Crippen molar-refractivity contribution in [2.45, 2.75) is 59.3 Å². The van der Waals surface area contributed by atoms with Gasteiger partial charge in [-0.05, 0) is 49.9 Å². The predicted molar refractivity (Wildman–Crippen MR) is 71.0 cm³/mol. The Kier molecular flexibility index (Phi) is 3.39. The second-order valence-electron chi connectivity index (χ2n) is 6.20. The van der Waals surface area contributed by atoms with E-state index in [1.807, 2.05) is 11.3 Å². The van der Waals surface area contributed by atoms with Gasteiger partial charge in [0.15, 0.2) is 0 Å². The Labute approximate surface area is 103 Å². The second-order valence-corrected chi connectivity index (χ2v) is 7.46. The topological polar surface area (TPSA) is 12.9 Å². The monoisotopic (exact) mass is 237 g/mol. The largest absolute Gasteiger partial charge is 0.250 e. The van der Waals surface area contributed by atoms with Gasteiger partial charge in [-0.25, -0.2) is 4.98 Å². The molecule has 0 unspecified atom stereocenters. The van der Waals surface area contributed by atoms with Gasteiger partial charge in [-0.15, -0.1) is 11.3 Å². The van der Waals surface area contributed by atoms with Crippen molar-refractivity contribution in [1.82, 2.24) is 4.98 Å². The summed E-state index contributed by atoms with van der Waals surface area (Å²) in [7, 11) is 0. The van der Waals surface area contributed by atoms with Gasteiger partial charge in [0.1, 0.15) is 0 Å². The maximum Gasteiger partial charge on any atom is 0.0896 e. The van der Waals surface area contributed by atoms with E-state index in [4.69, 9.17) is 0 Å². The van der Waals surface area contributed by atoms with Crippen LogP contribution >= 0.6 is 11.3 Å². The first-order valence-corrected chi connectivity index (χ1v) is 7.21. The van der Waals surface area contributed by atoms with Gasteiger partial charge in [0.2, 0.25) is 0 Å². The van der Waals surface area contributed by atoms with Crippen molar-refractivity contribution in [3.63, 3.8) is 0 Å². The number of hydrogen-bond donors (Lipinski definition) is 0. The standard InChI is InChI=1S/C14H23NS/c1-10-15-9-13(16-10)11-5-7-12(8-6-11)14(2,3)4/h9,11-12H,5-8H2,1-4H3/t11-,12-. The van der Waals surface area contributed by atoms with E-state index >= 15 is 0 Å². The van der Waals surface area contributed by atoms with Crippen molar-refractivity contribution >= 4 is 11.3 Å². The highest BCUT2D eigenvalue weighted by Crippen LogP contribution is 2.44. The third kappa shape index (κ3) is 2.65. The fourth-order valence-corrected chi connectivity index (χ4v) is 3.76. The summed E-state index contributed by atoms with van der Waals surface area (Å²) in [6.45, 7) is 9.26. The van der Waals surface area contributed by atoms with Crippen LogP contribution in [-0.4, -0.2) is 4.98 Å². The van der Waals surface area contributed by atoms with Crippen molar-refractivity contribution < 1.29 is 0 Å². The lowest BCUT2D eigenvalue weighted by Crippen LogP contribution is -2.25. The third-order valence-corrected chi connectivity index (χ3v) is 5.07. The average molecular weight is 237 g/mol. The van der Waals surface area contributed by atoms with Crippen molar-refractivity contribution in [2.24, 2.45) is 11.3 Å². The van der Waals surface area contributed by atoms with Crippen LogP contribution in [0.4, 0.5) is 0 Å². The van der Waals surface area contributed by atoms with E-state index in [0.717, 1.165) is 11.8 Å². The van der Waals surface area contributed by atoms with E-state index in [-0.39, 0.29) is 0 Å². The Morgan fingerprint density at radius 1 is 1.19 bits per heavy atom. The van der Waals surface area contributed by atoms with Crippen LogP contribution in [0.2, 0.25) is 0 Å². The summed E-state index contributed by atoms with van der Waals surface area (Å²) >= 11 is 1.89. The summed E-state index contributed by atoms with van der Waals surface area (Å²) in [5.41, 5.74) is 0.495. The Bertz CT molecular complexity index is 340. The van der Waals surface area contributed by atoms with E-state index in [1.165, 1.54) is 35.6 Å². The third-order valence-electron chi connectivity index (χ3n) is 3.99. The van der Waals surface area contributed by atoms with Gasteiger partial charge in [-0.3, -0.25) is 0 Å². The molecule has 1 aliphatic rings. The highest BCUT2D eigenvalue weighted by Gasteiger charge is 2.30. The molecule has 1 fully saturated rings. The number of hydrogen-bond acceptors (Lipinski definition) is 2. The minimum absolute atomic E-state index is 0.495. The molecular weight excluding hydrogens is 214 g/mol. The van der Waals surface area contributed by atoms with Gasteiger partial charge in [0, 0.05) is 11.1 Å². The molecule has 90 valence electrons. The summed E-state index contributed by atoms with van der Waals surface area (Å²) in [4.78, 5) is 5.90. The highest BCUT2D eigenvalue weighted by molar-refractivity contribution is 7.11. The van der Waals surface area contributed by atoms with Crippen LogP contribution in [0.15, 0.2) is 6.20 Å². The van der Waals surface area contributed by atoms with Crippen LogP contribution in [0.5, 0.6) is 0 Å². The first kappa shape index (κ1) is 12.1. The second kappa shape index (κ2) is 4.48. The Morgan fingerprint density at radius 2 is 1.81 bits per heavy atom. The zero-order valence-electron chi connectivity index (χ0n) is 10.9.